The minimum atomic E-state index is 1.19. The standard InChI is InChI=1S/C15H18S/c1-4-6-12-13-9-8-11(3)10-15(13)16-14(12)7-5-2/h4,6,8-10H,5,7H2,1-3H3/b6-4-. The van der Waals surface area contributed by atoms with Crippen molar-refractivity contribution in [3.63, 3.8) is 0 Å². The second-order valence-electron chi connectivity index (χ2n) is 4.19. The van der Waals surface area contributed by atoms with Gasteiger partial charge in [0.05, 0.1) is 0 Å². The molecule has 0 bridgehead atoms. The van der Waals surface area contributed by atoms with Crippen molar-refractivity contribution in [3.8, 4) is 0 Å². The summed E-state index contributed by atoms with van der Waals surface area (Å²) in [7, 11) is 0. The average Bonchev–Trinajstić information content (AvgIpc) is 2.57. The quantitative estimate of drug-likeness (QED) is 0.680. The first kappa shape index (κ1) is 11.4. The molecule has 1 heterocycles. The Morgan fingerprint density at radius 1 is 1.31 bits per heavy atom. The van der Waals surface area contributed by atoms with E-state index in [2.05, 4.69) is 51.1 Å². The molecule has 0 saturated heterocycles. The molecule has 0 atom stereocenters. The smallest absolute Gasteiger partial charge is 0.0354 e. The van der Waals surface area contributed by atoms with Gasteiger partial charge >= 0.3 is 0 Å². The Morgan fingerprint density at radius 3 is 2.81 bits per heavy atom. The van der Waals surface area contributed by atoms with Gasteiger partial charge in [0.15, 0.2) is 0 Å². The number of hydrogen-bond acceptors (Lipinski definition) is 1. The lowest BCUT2D eigenvalue weighted by atomic mass is 10.1. The first-order chi connectivity index (χ1) is 7.76. The summed E-state index contributed by atoms with van der Waals surface area (Å²) in [5.41, 5.74) is 2.79. The first-order valence-electron chi connectivity index (χ1n) is 5.91. The Hall–Kier alpha value is -1.08. The molecule has 0 aliphatic heterocycles. The first-order valence-corrected chi connectivity index (χ1v) is 6.72. The van der Waals surface area contributed by atoms with Crippen LogP contribution >= 0.6 is 11.3 Å². The third-order valence-corrected chi connectivity index (χ3v) is 4.00. The molecule has 0 N–H and O–H groups in total. The Bertz CT molecular complexity index is 517. The van der Waals surface area contributed by atoms with Crippen molar-refractivity contribution in [1.29, 1.82) is 0 Å². The zero-order valence-electron chi connectivity index (χ0n) is 10.2. The van der Waals surface area contributed by atoms with Crippen molar-refractivity contribution in [1.82, 2.24) is 0 Å². The van der Waals surface area contributed by atoms with Crippen LogP contribution in [0.25, 0.3) is 16.2 Å². The van der Waals surface area contributed by atoms with Crippen LogP contribution in [0.2, 0.25) is 0 Å². The van der Waals surface area contributed by atoms with Crippen LogP contribution in [-0.2, 0) is 6.42 Å². The van der Waals surface area contributed by atoms with Crippen molar-refractivity contribution in [2.75, 3.05) is 0 Å². The number of aryl methyl sites for hydroxylation is 2. The Morgan fingerprint density at radius 2 is 2.12 bits per heavy atom. The van der Waals surface area contributed by atoms with Crippen molar-refractivity contribution in [2.24, 2.45) is 0 Å². The van der Waals surface area contributed by atoms with Crippen LogP contribution in [0.4, 0.5) is 0 Å². The monoisotopic (exact) mass is 230 g/mol. The van der Waals surface area contributed by atoms with E-state index in [1.807, 2.05) is 11.3 Å². The maximum Gasteiger partial charge on any atom is 0.0354 e. The van der Waals surface area contributed by atoms with Gasteiger partial charge in [-0.25, -0.2) is 0 Å². The summed E-state index contributed by atoms with van der Waals surface area (Å²) in [6.07, 6.45) is 6.80. The van der Waals surface area contributed by atoms with E-state index in [9.17, 15) is 0 Å². The molecule has 0 fully saturated rings. The van der Waals surface area contributed by atoms with Crippen LogP contribution in [-0.4, -0.2) is 0 Å². The molecule has 0 aliphatic rings. The van der Waals surface area contributed by atoms with Gasteiger partial charge in [0.1, 0.15) is 0 Å². The Labute approximate surface area is 102 Å². The highest BCUT2D eigenvalue weighted by Gasteiger charge is 2.08. The molecule has 16 heavy (non-hydrogen) atoms. The van der Waals surface area contributed by atoms with E-state index >= 15 is 0 Å². The molecule has 2 rings (SSSR count). The molecule has 1 heteroatoms. The molecule has 2 aromatic rings. The van der Waals surface area contributed by atoms with Crippen LogP contribution in [0.5, 0.6) is 0 Å². The zero-order chi connectivity index (χ0) is 11.5. The van der Waals surface area contributed by atoms with E-state index in [1.165, 1.54) is 38.9 Å². The Balaban J connectivity index is 2.65. The molecule has 0 amide bonds. The van der Waals surface area contributed by atoms with Crippen molar-refractivity contribution >= 4 is 27.5 Å². The molecule has 84 valence electrons. The number of benzene rings is 1. The van der Waals surface area contributed by atoms with Crippen LogP contribution in [0.15, 0.2) is 24.3 Å². The summed E-state index contributed by atoms with van der Waals surface area (Å²) in [6.45, 7) is 6.50. The van der Waals surface area contributed by atoms with Crippen LogP contribution < -0.4 is 0 Å². The van der Waals surface area contributed by atoms with Gasteiger partial charge in [0.2, 0.25) is 0 Å². The van der Waals surface area contributed by atoms with Crippen LogP contribution in [0, 0.1) is 6.92 Å². The molecule has 0 nitrogen and oxygen atoms in total. The fourth-order valence-corrected chi connectivity index (χ4v) is 3.43. The van der Waals surface area contributed by atoms with E-state index < -0.39 is 0 Å². The summed E-state index contributed by atoms with van der Waals surface area (Å²) in [4.78, 5) is 1.53. The minimum absolute atomic E-state index is 1.19. The summed E-state index contributed by atoms with van der Waals surface area (Å²) in [5.74, 6) is 0. The van der Waals surface area contributed by atoms with Gasteiger partial charge in [-0.3, -0.25) is 0 Å². The average molecular weight is 230 g/mol. The SMILES string of the molecule is C/C=C\c1c(CCC)sc2cc(C)ccc12. The summed E-state index contributed by atoms with van der Waals surface area (Å²) < 4.78 is 1.43. The van der Waals surface area contributed by atoms with Gasteiger partial charge < -0.3 is 0 Å². The maximum atomic E-state index is 2.30. The highest BCUT2D eigenvalue weighted by atomic mass is 32.1. The normalized spacial score (nSPS) is 11.7. The van der Waals surface area contributed by atoms with Gasteiger partial charge in [-0.2, -0.15) is 0 Å². The molecule has 0 radical (unpaired) electrons. The molecule has 0 saturated carbocycles. The number of rotatable bonds is 3. The van der Waals surface area contributed by atoms with Gasteiger partial charge in [-0.1, -0.05) is 37.6 Å². The molecule has 0 spiro atoms. The fraction of sp³-hybridized carbons (Fsp3) is 0.333. The third kappa shape index (κ3) is 2.05. The fourth-order valence-electron chi connectivity index (χ4n) is 2.04. The molecule has 0 unspecified atom stereocenters. The molecule has 0 aliphatic carbocycles. The summed E-state index contributed by atoms with van der Waals surface area (Å²) in [6, 6.07) is 6.76. The summed E-state index contributed by atoms with van der Waals surface area (Å²) >= 11 is 1.95. The number of thiophene rings is 1. The van der Waals surface area contributed by atoms with Crippen molar-refractivity contribution < 1.29 is 0 Å². The third-order valence-electron chi connectivity index (χ3n) is 2.77. The molecule has 1 aromatic heterocycles. The highest BCUT2D eigenvalue weighted by Crippen LogP contribution is 2.33. The second kappa shape index (κ2) is 4.84. The molecule has 1 aromatic carbocycles. The van der Waals surface area contributed by atoms with E-state index in [1.54, 1.807) is 0 Å². The van der Waals surface area contributed by atoms with Gasteiger partial charge in [0.25, 0.3) is 0 Å². The number of hydrogen-bond donors (Lipinski definition) is 0. The lowest BCUT2D eigenvalue weighted by molar-refractivity contribution is 0.939. The topological polar surface area (TPSA) is 0 Å². The van der Waals surface area contributed by atoms with Gasteiger partial charge in [-0.05, 0) is 42.8 Å². The second-order valence-corrected chi connectivity index (χ2v) is 5.33. The van der Waals surface area contributed by atoms with Crippen LogP contribution in [0.3, 0.4) is 0 Å². The predicted molar refractivity (Wildman–Crippen MR) is 75.3 cm³/mol. The maximum absolute atomic E-state index is 2.30. The number of allylic oxidation sites excluding steroid dienone is 1. The number of fused-ring (bicyclic) bond motifs is 1. The minimum Gasteiger partial charge on any atom is -0.140 e. The lowest BCUT2D eigenvalue weighted by Gasteiger charge is -1.97. The summed E-state index contributed by atoms with van der Waals surface area (Å²) in [5, 5.41) is 1.41. The largest absolute Gasteiger partial charge is 0.140 e. The van der Waals surface area contributed by atoms with E-state index in [-0.39, 0.29) is 0 Å². The van der Waals surface area contributed by atoms with Gasteiger partial charge in [0, 0.05) is 9.58 Å². The molecular weight excluding hydrogens is 212 g/mol. The predicted octanol–water partition coefficient (Wildman–Crippen LogP) is 5.20. The highest BCUT2D eigenvalue weighted by molar-refractivity contribution is 7.19. The van der Waals surface area contributed by atoms with E-state index in [0.29, 0.717) is 0 Å². The zero-order valence-corrected chi connectivity index (χ0v) is 11.0. The van der Waals surface area contributed by atoms with Crippen molar-refractivity contribution in [2.45, 2.75) is 33.6 Å². The Kier molecular flexibility index (Phi) is 3.45. The van der Waals surface area contributed by atoms with E-state index in [0.717, 1.165) is 0 Å². The molecular formula is C15H18S. The lowest BCUT2D eigenvalue weighted by Crippen LogP contribution is -1.80. The van der Waals surface area contributed by atoms with Gasteiger partial charge in [-0.15, -0.1) is 11.3 Å². The van der Waals surface area contributed by atoms with Crippen LogP contribution in [0.1, 0.15) is 36.3 Å². The van der Waals surface area contributed by atoms with E-state index in [4.69, 9.17) is 0 Å². The van der Waals surface area contributed by atoms with Crippen molar-refractivity contribution in [3.05, 3.63) is 40.3 Å².